The van der Waals surface area contributed by atoms with Crippen LogP contribution in [0.15, 0.2) is 35.7 Å². The summed E-state index contributed by atoms with van der Waals surface area (Å²) in [5.74, 6) is 1.85. The van der Waals surface area contributed by atoms with Gasteiger partial charge in [-0.2, -0.15) is 25.3 Å². The number of rotatable bonds is 4. The molecule has 0 saturated carbocycles. The summed E-state index contributed by atoms with van der Waals surface area (Å²) in [7, 11) is -4.14. The summed E-state index contributed by atoms with van der Waals surface area (Å²) in [6, 6.07) is 10.0. The molecular formula is C15H16N2O3S2. The summed E-state index contributed by atoms with van der Waals surface area (Å²) in [6.45, 7) is 0.660. The Morgan fingerprint density at radius 2 is 2.09 bits per heavy atom. The van der Waals surface area contributed by atoms with Gasteiger partial charge in [-0.1, -0.05) is 30.3 Å². The van der Waals surface area contributed by atoms with Gasteiger partial charge < -0.3 is 0 Å². The normalized spacial score (nSPS) is 15.1. The third-order valence-electron chi connectivity index (χ3n) is 3.50. The lowest BCUT2D eigenvalue weighted by Crippen LogP contribution is -2.10. The van der Waals surface area contributed by atoms with Crippen molar-refractivity contribution < 1.29 is 13.0 Å². The van der Waals surface area contributed by atoms with Crippen molar-refractivity contribution in [2.24, 2.45) is 0 Å². The minimum absolute atomic E-state index is 0.621. The Morgan fingerprint density at radius 1 is 1.32 bits per heavy atom. The fourth-order valence-corrected chi connectivity index (χ4v) is 3.81. The molecule has 1 aromatic carbocycles. The van der Waals surface area contributed by atoms with Crippen molar-refractivity contribution in [1.29, 1.82) is 0 Å². The van der Waals surface area contributed by atoms with Crippen molar-refractivity contribution in [2.45, 2.75) is 18.7 Å². The van der Waals surface area contributed by atoms with Crippen LogP contribution in [0, 0.1) is 0 Å². The Hall–Kier alpha value is -1.57. The molecule has 0 radical (unpaired) electrons. The van der Waals surface area contributed by atoms with E-state index in [1.165, 1.54) is 6.08 Å². The third-order valence-corrected chi connectivity index (χ3v) is 4.97. The van der Waals surface area contributed by atoms with Crippen molar-refractivity contribution in [3.8, 4) is 0 Å². The minimum atomic E-state index is -4.14. The molecule has 1 aliphatic rings. The number of hydrogen-bond acceptors (Lipinski definition) is 4. The fourth-order valence-electron chi connectivity index (χ4n) is 2.51. The molecule has 5 nitrogen and oxygen atoms in total. The molecule has 22 heavy (non-hydrogen) atoms. The second-order valence-corrected chi connectivity index (χ2v) is 7.48. The lowest BCUT2D eigenvalue weighted by atomic mass is 10.1. The van der Waals surface area contributed by atoms with Crippen molar-refractivity contribution in [3.05, 3.63) is 58.3 Å². The molecule has 7 heteroatoms. The van der Waals surface area contributed by atoms with Crippen LogP contribution in [0.3, 0.4) is 0 Å². The molecule has 2 aromatic rings. The Kier molecular flexibility index (Phi) is 4.37. The summed E-state index contributed by atoms with van der Waals surface area (Å²) in [5, 5.41) is 5.32. The average molecular weight is 336 g/mol. The van der Waals surface area contributed by atoms with Crippen LogP contribution in [0.4, 0.5) is 0 Å². The zero-order chi connectivity index (χ0) is 15.6. The van der Waals surface area contributed by atoms with Crippen LogP contribution < -0.4 is 0 Å². The van der Waals surface area contributed by atoms with Crippen LogP contribution in [0.1, 0.15) is 22.5 Å². The van der Waals surface area contributed by atoms with Gasteiger partial charge in [0.2, 0.25) is 0 Å². The molecule has 0 spiro atoms. The van der Waals surface area contributed by atoms with Crippen molar-refractivity contribution in [2.75, 3.05) is 5.75 Å². The van der Waals surface area contributed by atoms with E-state index in [0.717, 1.165) is 40.2 Å². The second kappa shape index (κ2) is 6.28. The van der Waals surface area contributed by atoms with E-state index in [-0.39, 0.29) is 0 Å². The third kappa shape index (κ3) is 3.60. The van der Waals surface area contributed by atoms with Crippen molar-refractivity contribution in [1.82, 2.24) is 9.78 Å². The molecular weight excluding hydrogens is 320 g/mol. The molecule has 0 atom stereocenters. The van der Waals surface area contributed by atoms with Gasteiger partial charge in [-0.3, -0.25) is 9.23 Å². The van der Waals surface area contributed by atoms with Crippen LogP contribution >= 0.6 is 11.8 Å². The highest BCUT2D eigenvalue weighted by molar-refractivity contribution is 7.98. The quantitative estimate of drug-likeness (QED) is 0.869. The highest BCUT2D eigenvalue weighted by atomic mass is 32.2. The SMILES string of the molecule is O=S(=O)(O)/C=C/c1nn(Cc2ccccc2)c2c1CSCC2. The standard InChI is InChI=1S/C15H16N2O3S2/c18-22(19,20)9-7-14-13-11-21-8-6-15(13)17(16-14)10-12-4-2-1-3-5-12/h1-5,7,9H,6,8,10-11H2,(H,18,19,20)/b9-7+. The first-order valence-electron chi connectivity index (χ1n) is 6.89. The zero-order valence-corrected chi connectivity index (χ0v) is 13.5. The molecule has 0 aliphatic carbocycles. The van der Waals surface area contributed by atoms with E-state index in [0.29, 0.717) is 12.2 Å². The smallest absolute Gasteiger partial charge is 0.282 e. The molecule has 0 amide bonds. The number of aromatic nitrogens is 2. The summed E-state index contributed by atoms with van der Waals surface area (Å²) in [4.78, 5) is 0. The van der Waals surface area contributed by atoms with Crippen LogP contribution in [-0.2, 0) is 28.8 Å². The zero-order valence-electron chi connectivity index (χ0n) is 11.8. The topological polar surface area (TPSA) is 72.2 Å². The number of benzene rings is 1. The van der Waals surface area contributed by atoms with Crippen LogP contribution in [0.5, 0.6) is 0 Å². The van der Waals surface area contributed by atoms with Gasteiger partial charge >= 0.3 is 0 Å². The maximum absolute atomic E-state index is 10.9. The first kappa shape index (κ1) is 15.3. The Labute approximate surface area is 133 Å². The van der Waals surface area contributed by atoms with E-state index < -0.39 is 10.1 Å². The summed E-state index contributed by atoms with van der Waals surface area (Å²) in [5.41, 5.74) is 3.98. The molecule has 1 aromatic heterocycles. The Balaban J connectivity index is 1.97. The maximum Gasteiger partial charge on any atom is 0.287 e. The average Bonchev–Trinajstić information content (AvgIpc) is 2.84. The fraction of sp³-hybridized carbons (Fsp3) is 0.267. The van der Waals surface area contributed by atoms with Gasteiger partial charge in [-0.15, -0.1) is 0 Å². The molecule has 0 bridgehead atoms. The molecule has 0 saturated heterocycles. The van der Waals surface area contributed by atoms with Crippen LogP contribution in [0.25, 0.3) is 6.08 Å². The van der Waals surface area contributed by atoms with Gasteiger partial charge in [0.15, 0.2) is 0 Å². The van der Waals surface area contributed by atoms with E-state index in [2.05, 4.69) is 5.10 Å². The second-order valence-electron chi connectivity index (χ2n) is 5.07. The first-order chi connectivity index (χ1) is 10.5. The van der Waals surface area contributed by atoms with E-state index in [4.69, 9.17) is 4.55 Å². The van der Waals surface area contributed by atoms with E-state index >= 15 is 0 Å². The maximum atomic E-state index is 10.9. The van der Waals surface area contributed by atoms with Crippen LogP contribution in [0.2, 0.25) is 0 Å². The van der Waals surface area contributed by atoms with Crippen molar-refractivity contribution >= 4 is 28.0 Å². The molecule has 1 aliphatic heterocycles. The van der Waals surface area contributed by atoms with E-state index in [9.17, 15) is 8.42 Å². The molecule has 116 valence electrons. The minimum Gasteiger partial charge on any atom is -0.282 e. The molecule has 1 N–H and O–H groups in total. The number of nitrogens with zero attached hydrogens (tertiary/aromatic N) is 2. The Morgan fingerprint density at radius 3 is 2.82 bits per heavy atom. The summed E-state index contributed by atoms with van der Waals surface area (Å²) >= 11 is 1.81. The first-order valence-corrected chi connectivity index (χ1v) is 9.54. The molecule has 0 fully saturated rings. The van der Waals surface area contributed by atoms with Gasteiger partial charge in [-0.25, -0.2) is 0 Å². The van der Waals surface area contributed by atoms with Crippen molar-refractivity contribution in [3.63, 3.8) is 0 Å². The monoisotopic (exact) mass is 336 g/mol. The predicted molar refractivity (Wildman–Crippen MR) is 88.2 cm³/mol. The highest BCUT2D eigenvalue weighted by Gasteiger charge is 2.20. The van der Waals surface area contributed by atoms with Gasteiger partial charge in [0.25, 0.3) is 10.1 Å². The summed E-state index contributed by atoms with van der Waals surface area (Å²) < 4.78 is 32.6. The Bertz CT molecular complexity index is 796. The number of fused-ring (bicyclic) bond motifs is 1. The van der Waals surface area contributed by atoms with E-state index in [1.807, 2.05) is 35.0 Å². The number of hydrogen-bond donors (Lipinski definition) is 1. The lowest BCUT2D eigenvalue weighted by molar-refractivity contribution is 0.494. The largest absolute Gasteiger partial charge is 0.287 e. The molecule has 2 heterocycles. The highest BCUT2D eigenvalue weighted by Crippen LogP contribution is 2.28. The predicted octanol–water partition coefficient (Wildman–Crippen LogP) is 2.58. The lowest BCUT2D eigenvalue weighted by Gasteiger charge is -2.14. The molecule has 3 rings (SSSR count). The van der Waals surface area contributed by atoms with E-state index in [1.54, 1.807) is 11.8 Å². The van der Waals surface area contributed by atoms with Gasteiger partial charge in [0, 0.05) is 17.0 Å². The summed E-state index contributed by atoms with van der Waals surface area (Å²) in [6.07, 6.45) is 2.29. The van der Waals surface area contributed by atoms with Crippen LogP contribution in [-0.4, -0.2) is 28.5 Å². The van der Waals surface area contributed by atoms with Gasteiger partial charge in [0.1, 0.15) is 0 Å². The van der Waals surface area contributed by atoms with Gasteiger partial charge in [-0.05, 0) is 23.8 Å². The molecule has 0 unspecified atom stereocenters. The van der Waals surface area contributed by atoms with Gasteiger partial charge in [0.05, 0.1) is 17.6 Å². The number of thioether (sulfide) groups is 1.